The van der Waals surface area contributed by atoms with Gasteiger partial charge in [0.25, 0.3) is 0 Å². The van der Waals surface area contributed by atoms with E-state index in [1.807, 2.05) is 6.92 Å². The van der Waals surface area contributed by atoms with Gasteiger partial charge in [-0.1, -0.05) is 20.8 Å². The number of piperidine rings is 1. The van der Waals surface area contributed by atoms with Crippen LogP contribution in [0.3, 0.4) is 0 Å². The van der Waals surface area contributed by atoms with Crippen LogP contribution in [-0.4, -0.2) is 34.1 Å². The Balaban J connectivity index is 2.45. The highest BCUT2D eigenvalue weighted by Crippen LogP contribution is 2.54. The summed E-state index contributed by atoms with van der Waals surface area (Å²) in [7, 11) is 0. The fraction of sp³-hybridized carbons (Fsp3) is 1.00. The van der Waals surface area contributed by atoms with E-state index >= 15 is 0 Å². The highest BCUT2D eigenvalue weighted by Gasteiger charge is 2.64. The van der Waals surface area contributed by atoms with Crippen LogP contribution >= 0.6 is 0 Å². The molecule has 2 aliphatic rings. The molecule has 0 aliphatic carbocycles. The summed E-state index contributed by atoms with van der Waals surface area (Å²) >= 11 is 0. The molecule has 0 N–H and O–H groups in total. The number of nitrogens with zero attached hydrogens (tertiary/aromatic N) is 1. The van der Waals surface area contributed by atoms with Crippen LogP contribution in [0.5, 0.6) is 0 Å². The summed E-state index contributed by atoms with van der Waals surface area (Å²) in [5.74, 6) is -0.584. The van der Waals surface area contributed by atoms with Crippen molar-refractivity contribution in [2.24, 2.45) is 5.92 Å². The van der Waals surface area contributed by atoms with Gasteiger partial charge in [0.15, 0.2) is 5.79 Å². The van der Waals surface area contributed by atoms with Gasteiger partial charge in [0.05, 0.1) is 23.3 Å². The molecule has 0 aromatic carbocycles. The molecule has 2 aliphatic heterocycles. The Hall–Kier alpha value is -0.160. The van der Waals surface area contributed by atoms with E-state index in [2.05, 4.69) is 41.5 Å². The lowest BCUT2D eigenvalue weighted by Gasteiger charge is -2.59. The van der Waals surface area contributed by atoms with Crippen LogP contribution in [-0.2, 0) is 14.7 Å². The van der Waals surface area contributed by atoms with Gasteiger partial charge in [0, 0.05) is 12.3 Å². The Morgan fingerprint density at radius 2 is 1.75 bits per heavy atom. The molecule has 20 heavy (non-hydrogen) atoms. The van der Waals surface area contributed by atoms with E-state index in [9.17, 15) is 5.21 Å². The maximum absolute atomic E-state index is 12.9. The predicted molar refractivity (Wildman–Crippen MR) is 77.5 cm³/mol. The van der Waals surface area contributed by atoms with Crippen molar-refractivity contribution in [1.82, 2.24) is 5.06 Å². The van der Waals surface area contributed by atoms with E-state index in [1.54, 1.807) is 0 Å². The molecule has 0 bridgehead atoms. The van der Waals surface area contributed by atoms with Crippen molar-refractivity contribution in [2.75, 3.05) is 6.61 Å². The van der Waals surface area contributed by atoms with Crippen molar-refractivity contribution in [3.8, 4) is 0 Å². The van der Waals surface area contributed by atoms with Crippen molar-refractivity contribution >= 4 is 0 Å². The van der Waals surface area contributed by atoms with E-state index in [0.29, 0.717) is 13.0 Å². The van der Waals surface area contributed by atoms with Crippen molar-refractivity contribution in [2.45, 2.75) is 90.2 Å². The molecule has 4 heteroatoms. The molecule has 4 unspecified atom stereocenters. The lowest BCUT2D eigenvalue weighted by atomic mass is 9.67. The molecule has 0 aromatic rings. The molecule has 1 radical (unpaired) electrons. The Morgan fingerprint density at radius 1 is 1.15 bits per heavy atom. The Labute approximate surface area is 123 Å². The molecule has 0 amide bonds. The second-order valence-electron chi connectivity index (χ2n) is 7.72. The van der Waals surface area contributed by atoms with Gasteiger partial charge >= 0.3 is 0 Å². The quantitative estimate of drug-likeness (QED) is 0.779. The Kier molecular flexibility index (Phi) is 3.78. The molecule has 0 aromatic heterocycles. The van der Waals surface area contributed by atoms with Gasteiger partial charge in [0.1, 0.15) is 0 Å². The minimum absolute atomic E-state index is 0.0406. The molecule has 2 rings (SSSR count). The molecule has 0 saturated carbocycles. The van der Waals surface area contributed by atoms with Crippen molar-refractivity contribution < 1.29 is 14.7 Å². The lowest BCUT2D eigenvalue weighted by Crippen LogP contribution is -2.70. The van der Waals surface area contributed by atoms with Gasteiger partial charge < -0.3 is 9.47 Å². The van der Waals surface area contributed by atoms with E-state index in [4.69, 9.17) is 9.47 Å². The third-order valence-corrected chi connectivity index (χ3v) is 5.76. The van der Waals surface area contributed by atoms with Crippen LogP contribution in [0.4, 0.5) is 0 Å². The molecule has 2 fully saturated rings. The third kappa shape index (κ3) is 2.12. The van der Waals surface area contributed by atoms with E-state index < -0.39 is 16.9 Å². The minimum atomic E-state index is -0.625. The van der Waals surface area contributed by atoms with Crippen molar-refractivity contribution in [3.05, 3.63) is 0 Å². The van der Waals surface area contributed by atoms with Gasteiger partial charge in [-0.05, 0) is 40.5 Å². The third-order valence-electron chi connectivity index (χ3n) is 5.76. The van der Waals surface area contributed by atoms with Crippen LogP contribution in [0.15, 0.2) is 0 Å². The largest absolute Gasteiger partial charge is 0.346 e. The lowest BCUT2D eigenvalue weighted by molar-refractivity contribution is -0.376. The molecule has 1 spiro atoms. The highest BCUT2D eigenvalue weighted by molar-refractivity contribution is 5.09. The van der Waals surface area contributed by atoms with Crippen LogP contribution in [0.25, 0.3) is 0 Å². The normalized spacial score (nSPS) is 48.9. The molecular formula is C16H30NO3. The summed E-state index contributed by atoms with van der Waals surface area (Å²) in [6.45, 7) is 15.1. The topological polar surface area (TPSA) is 41.6 Å². The number of hydrogen-bond donors (Lipinski definition) is 0. The smallest absolute Gasteiger partial charge is 0.175 e. The summed E-state index contributed by atoms with van der Waals surface area (Å²) in [5.41, 5.74) is -1.16. The zero-order chi connectivity index (χ0) is 15.4. The predicted octanol–water partition coefficient (Wildman–Crippen LogP) is 3.53. The van der Waals surface area contributed by atoms with Crippen LogP contribution in [0.1, 0.15) is 67.7 Å². The van der Waals surface area contributed by atoms with Gasteiger partial charge in [-0.15, -0.1) is 10.3 Å². The first-order valence-electron chi connectivity index (χ1n) is 7.87. The van der Waals surface area contributed by atoms with Gasteiger partial charge in [0.2, 0.25) is 0 Å². The number of hydrogen-bond acceptors (Lipinski definition) is 3. The highest BCUT2D eigenvalue weighted by atomic mass is 16.8. The monoisotopic (exact) mass is 284 g/mol. The Morgan fingerprint density at radius 3 is 2.15 bits per heavy atom. The van der Waals surface area contributed by atoms with E-state index in [0.717, 1.165) is 12.8 Å². The number of hydroxylamine groups is 2. The van der Waals surface area contributed by atoms with E-state index in [1.165, 1.54) is 5.06 Å². The van der Waals surface area contributed by atoms with Gasteiger partial charge in [-0.2, -0.15) is 0 Å². The Bertz CT molecular complexity index is 386. The minimum Gasteiger partial charge on any atom is -0.346 e. The maximum Gasteiger partial charge on any atom is 0.175 e. The first kappa shape index (κ1) is 16.2. The van der Waals surface area contributed by atoms with E-state index in [-0.39, 0.29) is 11.5 Å². The number of rotatable bonds is 2. The van der Waals surface area contributed by atoms with Crippen LogP contribution < -0.4 is 0 Å². The summed E-state index contributed by atoms with van der Waals surface area (Å²) in [6, 6.07) is 0. The molecule has 2 saturated heterocycles. The maximum atomic E-state index is 12.9. The SMILES string of the molecule is CCC1(C)CC2(OCC(C)(C)O2)C(C)C(C)(CC)N1[O]. The van der Waals surface area contributed by atoms with Crippen molar-refractivity contribution in [1.29, 1.82) is 0 Å². The average molecular weight is 284 g/mol. The summed E-state index contributed by atoms with van der Waals surface area (Å²) in [4.78, 5) is 0. The molecule has 2 heterocycles. The first-order chi connectivity index (χ1) is 9.05. The molecule has 4 nitrogen and oxygen atoms in total. The number of ether oxygens (including phenoxy) is 2. The molecule has 117 valence electrons. The van der Waals surface area contributed by atoms with Gasteiger partial charge in [-0.25, -0.2) is 0 Å². The van der Waals surface area contributed by atoms with Crippen LogP contribution in [0.2, 0.25) is 0 Å². The fourth-order valence-electron chi connectivity index (χ4n) is 3.86. The van der Waals surface area contributed by atoms with Gasteiger partial charge in [-0.3, -0.25) is 0 Å². The first-order valence-corrected chi connectivity index (χ1v) is 7.87. The van der Waals surface area contributed by atoms with Crippen molar-refractivity contribution in [3.63, 3.8) is 0 Å². The second-order valence-corrected chi connectivity index (χ2v) is 7.72. The zero-order valence-corrected chi connectivity index (χ0v) is 14.1. The molecule has 4 atom stereocenters. The van der Waals surface area contributed by atoms with Crippen LogP contribution in [0, 0.1) is 5.92 Å². The summed E-state index contributed by atoms with van der Waals surface area (Å²) in [6.07, 6.45) is 2.23. The summed E-state index contributed by atoms with van der Waals surface area (Å²) < 4.78 is 12.5. The average Bonchev–Trinajstić information content (AvgIpc) is 2.70. The second kappa shape index (κ2) is 4.67. The standard InChI is InChI=1S/C16H30NO3/c1-8-14(6)10-16(19-11-13(4,5)20-16)12(3)15(7,9-2)17(14)18/h12H,8-11H2,1-7H3. The fourth-order valence-corrected chi connectivity index (χ4v) is 3.86. The zero-order valence-electron chi connectivity index (χ0n) is 14.1. The summed E-state index contributed by atoms with van der Waals surface area (Å²) in [5, 5.41) is 14.3. The molecular weight excluding hydrogens is 254 g/mol.